The molecule has 6 heteroatoms. The molecule has 23 heavy (non-hydrogen) atoms. The third-order valence-electron chi connectivity index (χ3n) is 3.24. The lowest BCUT2D eigenvalue weighted by molar-refractivity contribution is -0.116. The number of nitrogens with one attached hydrogen (secondary N) is 1. The predicted molar refractivity (Wildman–Crippen MR) is 91.6 cm³/mol. The minimum absolute atomic E-state index is 0.120. The van der Waals surface area contributed by atoms with Gasteiger partial charge in [0.05, 0.1) is 6.20 Å². The molecule has 0 unspecified atom stereocenters. The van der Waals surface area contributed by atoms with E-state index in [0.717, 1.165) is 21.6 Å². The van der Waals surface area contributed by atoms with Crippen LogP contribution < -0.4 is 5.32 Å². The molecule has 1 amide bonds. The molecule has 0 bridgehead atoms. The molecule has 116 valence electrons. The van der Waals surface area contributed by atoms with Crippen molar-refractivity contribution < 1.29 is 4.79 Å². The van der Waals surface area contributed by atoms with Crippen LogP contribution in [0.5, 0.6) is 0 Å². The van der Waals surface area contributed by atoms with Crippen molar-refractivity contribution in [2.45, 2.75) is 6.54 Å². The van der Waals surface area contributed by atoms with Gasteiger partial charge < -0.3 is 5.32 Å². The van der Waals surface area contributed by atoms with E-state index in [2.05, 4.69) is 15.4 Å². The van der Waals surface area contributed by atoms with Gasteiger partial charge in [-0.25, -0.2) is 0 Å². The standard InChI is InChI=1S/C17H16N4OS/c1-21-12-15(11-20-21)14-7-13(8-18-10-14)9-19-17(22)5-4-16-3-2-6-23-16/h2-8,10-12H,9H2,1H3,(H,19,22). The summed E-state index contributed by atoms with van der Waals surface area (Å²) in [6.07, 6.45) is 10.6. The number of carbonyl (C=O) groups excluding carboxylic acids is 1. The van der Waals surface area contributed by atoms with Crippen LogP contribution in [0.2, 0.25) is 0 Å². The van der Waals surface area contributed by atoms with E-state index in [1.807, 2.05) is 42.9 Å². The molecule has 0 aliphatic rings. The number of thiophene rings is 1. The summed E-state index contributed by atoms with van der Waals surface area (Å²) in [5.41, 5.74) is 2.94. The number of hydrogen-bond donors (Lipinski definition) is 1. The molecule has 3 aromatic heterocycles. The van der Waals surface area contributed by atoms with Gasteiger partial charge in [-0.1, -0.05) is 6.07 Å². The molecular formula is C17H16N4OS. The number of pyridine rings is 1. The Bertz CT molecular complexity index is 821. The zero-order chi connectivity index (χ0) is 16.1. The molecule has 0 atom stereocenters. The van der Waals surface area contributed by atoms with Gasteiger partial charge in [0.25, 0.3) is 0 Å². The van der Waals surface area contributed by atoms with Crippen molar-refractivity contribution >= 4 is 23.3 Å². The lowest BCUT2D eigenvalue weighted by atomic mass is 10.1. The van der Waals surface area contributed by atoms with Crippen LogP contribution in [0.1, 0.15) is 10.4 Å². The second-order valence-electron chi connectivity index (χ2n) is 5.05. The predicted octanol–water partition coefficient (Wildman–Crippen LogP) is 2.87. The van der Waals surface area contributed by atoms with Gasteiger partial charge in [0.2, 0.25) is 5.91 Å². The van der Waals surface area contributed by atoms with Gasteiger partial charge in [-0.15, -0.1) is 11.3 Å². The summed E-state index contributed by atoms with van der Waals surface area (Å²) in [4.78, 5) is 17.1. The highest BCUT2D eigenvalue weighted by atomic mass is 32.1. The molecule has 0 fully saturated rings. The molecule has 0 aromatic carbocycles. The molecule has 1 N–H and O–H groups in total. The van der Waals surface area contributed by atoms with E-state index in [1.54, 1.807) is 40.7 Å². The summed E-state index contributed by atoms with van der Waals surface area (Å²) >= 11 is 1.60. The Morgan fingerprint density at radius 3 is 3.00 bits per heavy atom. The van der Waals surface area contributed by atoms with E-state index >= 15 is 0 Å². The third kappa shape index (κ3) is 4.14. The summed E-state index contributed by atoms with van der Waals surface area (Å²) < 4.78 is 1.75. The van der Waals surface area contributed by atoms with Crippen LogP contribution in [-0.4, -0.2) is 20.7 Å². The minimum Gasteiger partial charge on any atom is -0.348 e. The van der Waals surface area contributed by atoms with Crippen molar-refractivity contribution in [2.24, 2.45) is 7.05 Å². The zero-order valence-electron chi connectivity index (χ0n) is 12.6. The highest BCUT2D eigenvalue weighted by Gasteiger charge is 2.03. The summed E-state index contributed by atoms with van der Waals surface area (Å²) in [5.74, 6) is -0.120. The number of aryl methyl sites for hydroxylation is 1. The first-order chi connectivity index (χ1) is 11.2. The molecule has 0 aliphatic heterocycles. The van der Waals surface area contributed by atoms with Gasteiger partial charge in [-0.2, -0.15) is 5.10 Å². The Morgan fingerprint density at radius 2 is 2.26 bits per heavy atom. The number of aromatic nitrogens is 3. The first kappa shape index (κ1) is 15.2. The van der Waals surface area contributed by atoms with Gasteiger partial charge in [-0.3, -0.25) is 14.5 Å². The molecule has 0 saturated heterocycles. The second-order valence-corrected chi connectivity index (χ2v) is 6.03. The van der Waals surface area contributed by atoms with Crippen LogP contribution >= 0.6 is 11.3 Å². The van der Waals surface area contributed by atoms with E-state index in [-0.39, 0.29) is 5.91 Å². The fourth-order valence-electron chi connectivity index (χ4n) is 2.10. The van der Waals surface area contributed by atoms with Crippen molar-refractivity contribution in [1.82, 2.24) is 20.1 Å². The molecule has 5 nitrogen and oxygen atoms in total. The second kappa shape index (κ2) is 7.02. The maximum atomic E-state index is 11.8. The number of carbonyl (C=O) groups is 1. The first-order valence-electron chi connectivity index (χ1n) is 7.13. The van der Waals surface area contributed by atoms with Gasteiger partial charge in [0, 0.05) is 54.3 Å². The molecular weight excluding hydrogens is 308 g/mol. The molecule has 0 saturated carbocycles. The maximum Gasteiger partial charge on any atom is 0.244 e. The van der Waals surface area contributed by atoms with Crippen molar-refractivity contribution in [3.05, 3.63) is 64.9 Å². The summed E-state index contributed by atoms with van der Waals surface area (Å²) in [7, 11) is 1.88. The topological polar surface area (TPSA) is 59.8 Å². The lowest BCUT2D eigenvalue weighted by Crippen LogP contribution is -2.20. The molecule has 3 heterocycles. The van der Waals surface area contributed by atoms with Crippen LogP contribution in [0.3, 0.4) is 0 Å². The highest BCUT2D eigenvalue weighted by molar-refractivity contribution is 7.10. The minimum atomic E-state index is -0.120. The fourth-order valence-corrected chi connectivity index (χ4v) is 2.72. The zero-order valence-corrected chi connectivity index (χ0v) is 13.5. The Labute approximate surface area is 138 Å². The van der Waals surface area contributed by atoms with Crippen LogP contribution in [0, 0.1) is 0 Å². The smallest absolute Gasteiger partial charge is 0.244 e. The van der Waals surface area contributed by atoms with Gasteiger partial charge in [-0.05, 0) is 29.2 Å². The number of hydrogen-bond acceptors (Lipinski definition) is 4. The average molecular weight is 324 g/mol. The van der Waals surface area contributed by atoms with E-state index < -0.39 is 0 Å². The monoisotopic (exact) mass is 324 g/mol. The van der Waals surface area contributed by atoms with Gasteiger partial charge >= 0.3 is 0 Å². The van der Waals surface area contributed by atoms with Crippen molar-refractivity contribution in [3.8, 4) is 11.1 Å². The summed E-state index contributed by atoms with van der Waals surface area (Å²) in [6.45, 7) is 0.439. The molecule has 0 aliphatic carbocycles. The fraction of sp³-hybridized carbons (Fsp3) is 0.118. The summed E-state index contributed by atoms with van der Waals surface area (Å²) in [6, 6.07) is 5.93. The van der Waals surface area contributed by atoms with Crippen molar-refractivity contribution in [1.29, 1.82) is 0 Å². The van der Waals surface area contributed by atoms with E-state index in [1.165, 1.54) is 0 Å². The molecule has 3 aromatic rings. The Morgan fingerprint density at radius 1 is 1.35 bits per heavy atom. The van der Waals surface area contributed by atoms with E-state index in [4.69, 9.17) is 0 Å². The number of nitrogens with zero attached hydrogens (tertiary/aromatic N) is 3. The molecule has 0 radical (unpaired) electrons. The Hall–Kier alpha value is -2.73. The molecule has 3 rings (SSSR count). The third-order valence-corrected chi connectivity index (χ3v) is 4.08. The number of rotatable bonds is 5. The SMILES string of the molecule is Cn1cc(-c2cncc(CNC(=O)C=Cc3cccs3)c2)cn1. The Kier molecular flexibility index (Phi) is 4.63. The first-order valence-corrected chi connectivity index (χ1v) is 8.01. The largest absolute Gasteiger partial charge is 0.348 e. The van der Waals surface area contributed by atoms with E-state index in [9.17, 15) is 4.79 Å². The quantitative estimate of drug-likeness (QED) is 0.734. The van der Waals surface area contributed by atoms with Crippen LogP contribution in [0.4, 0.5) is 0 Å². The van der Waals surface area contributed by atoms with E-state index in [0.29, 0.717) is 6.54 Å². The van der Waals surface area contributed by atoms with Crippen molar-refractivity contribution in [2.75, 3.05) is 0 Å². The van der Waals surface area contributed by atoms with Crippen molar-refractivity contribution in [3.63, 3.8) is 0 Å². The average Bonchev–Trinajstić information content (AvgIpc) is 3.23. The number of amides is 1. The lowest BCUT2D eigenvalue weighted by Gasteiger charge is -2.04. The van der Waals surface area contributed by atoms with Gasteiger partial charge in [0.1, 0.15) is 0 Å². The summed E-state index contributed by atoms with van der Waals surface area (Å²) in [5, 5.41) is 9.00. The normalized spacial score (nSPS) is 11.0. The molecule has 0 spiro atoms. The van der Waals surface area contributed by atoms with Gasteiger partial charge in [0.15, 0.2) is 0 Å². The van der Waals surface area contributed by atoms with Crippen LogP contribution in [0.15, 0.2) is 54.4 Å². The maximum absolute atomic E-state index is 11.8. The Balaban J connectivity index is 1.61. The van der Waals surface area contributed by atoms with Crippen LogP contribution in [0.25, 0.3) is 17.2 Å². The van der Waals surface area contributed by atoms with Crippen LogP contribution in [-0.2, 0) is 18.4 Å². The highest BCUT2D eigenvalue weighted by Crippen LogP contribution is 2.18.